The van der Waals surface area contributed by atoms with Crippen molar-refractivity contribution < 1.29 is 0 Å². The van der Waals surface area contributed by atoms with Crippen molar-refractivity contribution in [2.75, 3.05) is 17.6 Å². The van der Waals surface area contributed by atoms with Crippen LogP contribution >= 0.6 is 0 Å². The fourth-order valence-corrected chi connectivity index (χ4v) is 1.37. The number of nitrogens with zero attached hydrogens (tertiary/aromatic N) is 3. The smallest absolute Gasteiger partial charge is 0.128 e. The molecule has 0 radical (unpaired) electrons. The summed E-state index contributed by atoms with van der Waals surface area (Å²) in [5, 5.41) is 7.31. The molecule has 0 atom stereocenters. The minimum Gasteiger partial charge on any atom is -0.398 e. The van der Waals surface area contributed by atoms with Gasteiger partial charge in [-0.15, -0.1) is 0 Å². The molecule has 5 heteroatoms. The van der Waals surface area contributed by atoms with E-state index >= 15 is 0 Å². The summed E-state index contributed by atoms with van der Waals surface area (Å²) in [5.41, 5.74) is 7.55. The molecule has 0 saturated heterocycles. The maximum absolute atomic E-state index is 5.79. The number of nitrogens with two attached hydrogens (primary N) is 1. The standard InChI is InChI=1S/C11H15N5/c1-9-8-14-11(7-10(9)12)13-4-6-16-5-2-3-15-16/h2-3,5,7-8H,4,6H2,1H3,(H3,12,13,14). The van der Waals surface area contributed by atoms with Gasteiger partial charge in [-0.05, 0) is 18.6 Å². The monoisotopic (exact) mass is 217 g/mol. The second kappa shape index (κ2) is 4.65. The number of hydrogen-bond acceptors (Lipinski definition) is 4. The predicted octanol–water partition coefficient (Wildman–Crippen LogP) is 1.28. The Balaban J connectivity index is 1.87. The molecule has 0 bridgehead atoms. The Kier molecular flexibility index (Phi) is 3.05. The lowest BCUT2D eigenvalue weighted by molar-refractivity contribution is 0.637. The molecule has 2 rings (SSSR count). The van der Waals surface area contributed by atoms with Gasteiger partial charge in [-0.25, -0.2) is 4.98 Å². The fraction of sp³-hybridized carbons (Fsp3) is 0.273. The van der Waals surface area contributed by atoms with Crippen LogP contribution in [0.3, 0.4) is 0 Å². The van der Waals surface area contributed by atoms with Crippen LogP contribution < -0.4 is 11.1 Å². The molecule has 2 aromatic rings. The van der Waals surface area contributed by atoms with Crippen LogP contribution in [-0.4, -0.2) is 21.3 Å². The zero-order chi connectivity index (χ0) is 11.4. The molecule has 2 aromatic heterocycles. The molecule has 0 aliphatic rings. The van der Waals surface area contributed by atoms with Gasteiger partial charge in [0.15, 0.2) is 0 Å². The molecule has 16 heavy (non-hydrogen) atoms. The molecule has 5 nitrogen and oxygen atoms in total. The van der Waals surface area contributed by atoms with E-state index in [2.05, 4.69) is 15.4 Å². The van der Waals surface area contributed by atoms with E-state index in [1.807, 2.05) is 29.9 Å². The number of pyridine rings is 1. The number of nitrogen functional groups attached to an aromatic ring is 1. The summed E-state index contributed by atoms with van der Waals surface area (Å²) in [6.45, 7) is 3.52. The summed E-state index contributed by atoms with van der Waals surface area (Å²) in [6, 6.07) is 3.75. The molecule has 0 aliphatic carbocycles. The first-order valence-corrected chi connectivity index (χ1v) is 5.19. The van der Waals surface area contributed by atoms with E-state index in [-0.39, 0.29) is 0 Å². The number of rotatable bonds is 4. The zero-order valence-corrected chi connectivity index (χ0v) is 9.22. The maximum Gasteiger partial charge on any atom is 0.128 e. The van der Waals surface area contributed by atoms with E-state index in [4.69, 9.17) is 5.73 Å². The first kappa shape index (κ1) is 10.5. The second-order valence-corrected chi connectivity index (χ2v) is 3.62. The fourth-order valence-electron chi connectivity index (χ4n) is 1.37. The number of hydrogen-bond donors (Lipinski definition) is 2. The number of anilines is 2. The van der Waals surface area contributed by atoms with Gasteiger partial charge in [0, 0.05) is 36.9 Å². The normalized spacial score (nSPS) is 10.3. The molecule has 84 valence electrons. The van der Waals surface area contributed by atoms with Gasteiger partial charge in [0.25, 0.3) is 0 Å². The lowest BCUT2D eigenvalue weighted by atomic mass is 10.2. The number of aromatic nitrogens is 3. The quantitative estimate of drug-likeness (QED) is 0.809. The average molecular weight is 217 g/mol. The van der Waals surface area contributed by atoms with Crippen LogP contribution in [0.2, 0.25) is 0 Å². The summed E-state index contributed by atoms with van der Waals surface area (Å²) in [6.07, 6.45) is 5.46. The highest BCUT2D eigenvalue weighted by Crippen LogP contribution is 2.13. The number of nitrogens with one attached hydrogen (secondary N) is 1. The van der Waals surface area contributed by atoms with E-state index in [1.54, 1.807) is 12.4 Å². The summed E-state index contributed by atoms with van der Waals surface area (Å²) in [4.78, 5) is 4.24. The summed E-state index contributed by atoms with van der Waals surface area (Å²) in [7, 11) is 0. The van der Waals surface area contributed by atoms with Crippen LogP contribution in [0.5, 0.6) is 0 Å². The van der Waals surface area contributed by atoms with Gasteiger partial charge in [0.2, 0.25) is 0 Å². The Labute approximate surface area is 94.3 Å². The first-order chi connectivity index (χ1) is 7.75. The second-order valence-electron chi connectivity index (χ2n) is 3.62. The lowest BCUT2D eigenvalue weighted by Gasteiger charge is -2.07. The zero-order valence-electron chi connectivity index (χ0n) is 9.22. The largest absolute Gasteiger partial charge is 0.398 e. The van der Waals surface area contributed by atoms with Crippen molar-refractivity contribution in [3.63, 3.8) is 0 Å². The minimum atomic E-state index is 0.761. The Morgan fingerprint density at radius 1 is 1.50 bits per heavy atom. The molecule has 0 aromatic carbocycles. The third-order valence-corrected chi connectivity index (χ3v) is 2.35. The van der Waals surface area contributed by atoms with Gasteiger partial charge in [-0.2, -0.15) is 5.10 Å². The van der Waals surface area contributed by atoms with Crippen molar-refractivity contribution in [2.45, 2.75) is 13.5 Å². The van der Waals surface area contributed by atoms with Crippen molar-refractivity contribution in [3.8, 4) is 0 Å². The highest BCUT2D eigenvalue weighted by atomic mass is 15.3. The van der Waals surface area contributed by atoms with Crippen LogP contribution in [0.15, 0.2) is 30.7 Å². The molecule has 0 saturated carbocycles. The Morgan fingerprint density at radius 3 is 3.06 bits per heavy atom. The van der Waals surface area contributed by atoms with Gasteiger partial charge in [0.05, 0.1) is 6.54 Å². The lowest BCUT2D eigenvalue weighted by Crippen LogP contribution is -2.11. The van der Waals surface area contributed by atoms with E-state index in [0.29, 0.717) is 0 Å². The predicted molar refractivity (Wildman–Crippen MR) is 64.1 cm³/mol. The van der Waals surface area contributed by atoms with E-state index in [1.165, 1.54) is 0 Å². The first-order valence-electron chi connectivity index (χ1n) is 5.19. The van der Waals surface area contributed by atoms with E-state index in [0.717, 1.165) is 30.2 Å². The SMILES string of the molecule is Cc1cnc(NCCn2cccn2)cc1N. The number of aryl methyl sites for hydroxylation is 1. The molecule has 0 aliphatic heterocycles. The third kappa shape index (κ3) is 2.50. The van der Waals surface area contributed by atoms with Crippen molar-refractivity contribution >= 4 is 11.5 Å². The van der Waals surface area contributed by atoms with E-state index < -0.39 is 0 Å². The van der Waals surface area contributed by atoms with E-state index in [9.17, 15) is 0 Å². The van der Waals surface area contributed by atoms with Crippen molar-refractivity contribution in [1.82, 2.24) is 14.8 Å². The topological polar surface area (TPSA) is 68.8 Å². The van der Waals surface area contributed by atoms with Gasteiger partial charge >= 0.3 is 0 Å². The molecular weight excluding hydrogens is 202 g/mol. The van der Waals surface area contributed by atoms with Crippen LogP contribution in [0, 0.1) is 6.92 Å². The van der Waals surface area contributed by atoms with Crippen molar-refractivity contribution in [2.24, 2.45) is 0 Å². The van der Waals surface area contributed by atoms with Crippen LogP contribution in [-0.2, 0) is 6.54 Å². The van der Waals surface area contributed by atoms with Gasteiger partial charge < -0.3 is 11.1 Å². The molecule has 0 spiro atoms. The Morgan fingerprint density at radius 2 is 2.38 bits per heavy atom. The highest BCUT2D eigenvalue weighted by Gasteiger charge is 1.97. The van der Waals surface area contributed by atoms with Crippen molar-refractivity contribution in [3.05, 3.63) is 36.3 Å². The Bertz CT molecular complexity index is 449. The summed E-state index contributed by atoms with van der Waals surface area (Å²) >= 11 is 0. The molecule has 0 amide bonds. The molecular formula is C11H15N5. The summed E-state index contributed by atoms with van der Waals surface area (Å²) in [5.74, 6) is 0.801. The summed E-state index contributed by atoms with van der Waals surface area (Å²) < 4.78 is 1.87. The van der Waals surface area contributed by atoms with Crippen LogP contribution in [0.1, 0.15) is 5.56 Å². The molecule has 0 fully saturated rings. The van der Waals surface area contributed by atoms with Gasteiger partial charge in [0.1, 0.15) is 5.82 Å². The third-order valence-electron chi connectivity index (χ3n) is 2.35. The highest BCUT2D eigenvalue weighted by molar-refractivity contribution is 5.53. The molecule has 3 N–H and O–H groups in total. The maximum atomic E-state index is 5.79. The van der Waals surface area contributed by atoms with Gasteiger partial charge in [-0.1, -0.05) is 0 Å². The van der Waals surface area contributed by atoms with Crippen LogP contribution in [0.25, 0.3) is 0 Å². The average Bonchev–Trinajstić information content (AvgIpc) is 2.76. The van der Waals surface area contributed by atoms with Gasteiger partial charge in [-0.3, -0.25) is 4.68 Å². The molecule has 2 heterocycles. The minimum absolute atomic E-state index is 0.761. The van der Waals surface area contributed by atoms with Crippen LogP contribution in [0.4, 0.5) is 11.5 Å². The Hall–Kier alpha value is -2.04. The molecule has 0 unspecified atom stereocenters. The van der Waals surface area contributed by atoms with Crippen molar-refractivity contribution in [1.29, 1.82) is 0 Å².